The normalized spacial score (nSPS) is 13.4. The van der Waals surface area contributed by atoms with Crippen LogP contribution in [0, 0.1) is 0 Å². The fraction of sp³-hybridized carbons (Fsp3) is 0.222. The number of hydrogen-bond donors (Lipinski definition) is 1. The Morgan fingerprint density at radius 1 is 0.944 bits per heavy atom. The van der Waals surface area contributed by atoms with Crippen molar-refractivity contribution in [3.05, 3.63) is 88.7 Å². The van der Waals surface area contributed by atoms with Gasteiger partial charge in [0.1, 0.15) is 11.3 Å². The number of fused-ring (bicyclic) bond motifs is 2. The summed E-state index contributed by atoms with van der Waals surface area (Å²) in [7, 11) is 0. The van der Waals surface area contributed by atoms with Gasteiger partial charge in [0.2, 0.25) is 0 Å². The van der Waals surface area contributed by atoms with Gasteiger partial charge in [-0.15, -0.1) is 15.3 Å². The highest BCUT2D eigenvalue weighted by Gasteiger charge is 2.19. The molecule has 1 aliphatic heterocycles. The van der Waals surface area contributed by atoms with Crippen molar-refractivity contribution in [1.29, 1.82) is 0 Å². The number of anilines is 1. The Labute approximate surface area is 212 Å². The molecule has 0 saturated carbocycles. The monoisotopic (exact) mass is 497 g/mol. The number of carbonyl (C=O) groups is 1. The van der Waals surface area contributed by atoms with Crippen LogP contribution in [-0.4, -0.2) is 35.7 Å². The molecule has 0 unspecified atom stereocenters. The van der Waals surface area contributed by atoms with Crippen LogP contribution in [0.5, 0.6) is 0 Å². The predicted octanol–water partition coefficient (Wildman–Crippen LogP) is 5.37. The molecular formula is C27H24ClN7O. The molecule has 3 aromatic carbocycles. The maximum atomic E-state index is 13.0. The molecule has 180 valence electrons. The number of nitrogens with zero attached hydrogens (tertiary/aromatic N) is 6. The quantitative estimate of drug-likeness (QED) is 0.352. The molecule has 36 heavy (non-hydrogen) atoms. The Morgan fingerprint density at radius 2 is 1.81 bits per heavy atom. The van der Waals surface area contributed by atoms with Crippen molar-refractivity contribution >= 4 is 34.2 Å². The van der Waals surface area contributed by atoms with E-state index in [-0.39, 0.29) is 5.91 Å². The van der Waals surface area contributed by atoms with Crippen LogP contribution in [0.4, 0.5) is 5.69 Å². The maximum Gasteiger partial charge on any atom is 0.255 e. The maximum absolute atomic E-state index is 13.0. The van der Waals surface area contributed by atoms with Gasteiger partial charge in [-0.3, -0.25) is 4.79 Å². The van der Waals surface area contributed by atoms with Crippen molar-refractivity contribution in [2.75, 3.05) is 5.32 Å². The number of carbonyl (C=O) groups excluding carboxylic acids is 1. The molecule has 6 rings (SSSR count). The van der Waals surface area contributed by atoms with Crippen LogP contribution in [0.1, 0.15) is 41.0 Å². The molecule has 9 heteroatoms. The summed E-state index contributed by atoms with van der Waals surface area (Å²) in [5.41, 5.74) is 4.85. The third kappa shape index (κ3) is 4.35. The molecule has 1 amide bonds. The van der Waals surface area contributed by atoms with E-state index >= 15 is 0 Å². The number of halogens is 1. The number of aromatic nitrogens is 6. The summed E-state index contributed by atoms with van der Waals surface area (Å²) in [5.74, 6) is 1.55. The van der Waals surface area contributed by atoms with Gasteiger partial charge < -0.3 is 9.88 Å². The summed E-state index contributed by atoms with van der Waals surface area (Å²) in [6, 6.07) is 20.8. The van der Waals surface area contributed by atoms with Crippen molar-refractivity contribution in [1.82, 2.24) is 29.8 Å². The Balaban J connectivity index is 1.19. The number of aryl methyl sites for hydroxylation is 1. The molecule has 2 aromatic heterocycles. The fourth-order valence-electron chi connectivity index (χ4n) is 4.63. The first-order chi connectivity index (χ1) is 17.7. The Hall–Kier alpha value is -4.04. The molecule has 0 saturated heterocycles. The number of nitrogens with one attached hydrogen (secondary N) is 1. The highest BCUT2D eigenvalue weighted by Crippen LogP contribution is 2.31. The van der Waals surface area contributed by atoms with E-state index in [0.29, 0.717) is 22.8 Å². The Morgan fingerprint density at radius 3 is 2.69 bits per heavy atom. The van der Waals surface area contributed by atoms with E-state index in [1.807, 2.05) is 59.3 Å². The SMILES string of the molecule is O=C(Nc1ccc(Cl)c(-c2nnc3n2CCCCC3)c1)c1ccc(Cn2nnc3ccccc32)cc1. The molecular weight excluding hydrogens is 474 g/mol. The average molecular weight is 498 g/mol. The van der Waals surface area contributed by atoms with E-state index in [9.17, 15) is 4.79 Å². The molecule has 5 aromatic rings. The summed E-state index contributed by atoms with van der Waals surface area (Å²) >= 11 is 6.53. The first kappa shape index (κ1) is 22.4. The Kier molecular flexibility index (Phi) is 5.95. The van der Waals surface area contributed by atoms with Crippen LogP contribution in [0.3, 0.4) is 0 Å². The van der Waals surface area contributed by atoms with E-state index in [4.69, 9.17) is 11.6 Å². The van der Waals surface area contributed by atoms with Gasteiger partial charge in [0.05, 0.1) is 17.1 Å². The zero-order chi connectivity index (χ0) is 24.5. The van der Waals surface area contributed by atoms with Crippen molar-refractivity contribution < 1.29 is 4.79 Å². The first-order valence-electron chi connectivity index (χ1n) is 12.1. The minimum Gasteiger partial charge on any atom is -0.322 e. The zero-order valence-electron chi connectivity index (χ0n) is 19.6. The molecule has 0 aliphatic carbocycles. The minimum atomic E-state index is -0.193. The number of benzene rings is 3. The lowest BCUT2D eigenvalue weighted by Gasteiger charge is -2.11. The smallest absolute Gasteiger partial charge is 0.255 e. The number of para-hydroxylation sites is 1. The summed E-state index contributed by atoms with van der Waals surface area (Å²) in [6.07, 6.45) is 4.32. The van der Waals surface area contributed by atoms with Gasteiger partial charge in [-0.2, -0.15) is 0 Å². The highest BCUT2D eigenvalue weighted by atomic mass is 35.5. The largest absolute Gasteiger partial charge is 0.322 e. The van der Waals surface area contributed by atoms with Crippen molar-refractivity contribution in [3.8, 4) is 11.4 Å². The van der Waals surface area contributed by atoms with Gasteiger partial charge in [-0.25, -0.2) is 4.68 Å². The van der Waals surface area contributed by atoms with Crippen molar-refractivity contribution in [2.45, 2.75) is 38.8 Å². The zero-order valence-corrected chi connectivity index (χ0v) is 20.3. The summed E-state index contributed by atoms with van der Waals surface area (Å²) in [5, 5.41) is 20.8. The second-order valence-corrected chi connectivity index (χ2v) is 9.39. The molecule has 8 nitrogen and oxygen atoms in total. The lowest BCUT2D eigenvalue weighted by molar-refractivity contribution is 0.102. The summed E-state index contributed by atoms with van der Waals surface area (Å²) < 4.78 is 4.00. The lowest BCUT2D eigenvalue weighted by atomic mass is 10.1. The van der Waals surface area contributed by atoms with Gasteiger partial charge in [-0.1, -0.05) is 47.5 Å². The van der Waals surface area contributed by atoms with E-state index < -0.39 is 0 Å². The molecule has 0 radical (unpaired) electrons. The van der Waals surface area contributed by atoms with Crippen molar-refractivity contribution in [2.24, 2.45) is 0 Å². The molecule has 3 heterocycles. The van der Waals surface area contributed by atoms with Gasteiger partial charge in [0.15, 0.2) is 5.82 Å². The number of amides is 1. The summed E-state index contributed by atoms with van der Waals surface area (Å²) in [6.45, 7) is 1.45. The van der Waals surface area contributed by atoms with Crippen LogP contribution in [0.25, 0.3) is 22.4 Å². The van der Waals surface area contributed by atoms with E-state index in [2.05, 4.69) is 30.4 Å². The third-order valence-corrected chi connectivity index (χ3v) is 6.87. The highest BCUT2D eigenvalue weighted by molar-refractivity contribution is 6.33. The van der Waals surface area contributed by atoms with Crippen LogP contribution in [-0.2, 0) is 19.5 Å². The van der Waals surface area contributed by atoms with E-state index in [0.717, 1.165) is 59.6 Å². The molecule has 1 aliphatic rings. The molecule has 0 bridgehead atoms. The average Bonchev–Trinajstić information content (AvgIpc) is 3.41. The molecule has 1 N–H and O–H groups in total. The van der Waals surface area contributed by atoms with E-state index in [1.165, 1.54) is 6.42 Å². The first-order valence-corrected chi connectivity index (χ1v) is 12.4. The van der Waals surface area contributed by atoms with Gasteiger partial charge in [0, 0.05) is 29.8 Å². The van der Waals surface area contributed by atoms with Crippen LogP contribution in [0.2, 0.25) is 5.02 Å². The lowest BCUT2D eigenvalue weighted by Crippen LogP contribution is -2.12. The molecule has 0 fully saturated rings. The predicted molar refractivity (Wildman–Crippen MR) is 139 cm³/mol. The topological polar surface area (TPSA) is 90.5 Å². The molecule has 0 spiro atoms. The van der Waals surface area contributed by atoms with Crippen molar-refractivity contribution in [3.63, 3.8) is 0 Å². The number of hydrogen-bond acceptors (Lipinski definition) is 5. The molecule has 0 atom stereocenters. The Bertz CT molecular complexity index is 1550. The standard InChI is InChI=1S/C27H24ClN7O/c28-22-14-13-20(16-21(22)26-32-31-25-8-2-1-5-15-34(25)26)29-27(36)19-11-9-18(10-12-19)17-35-24-7-4-3-6-23(24)30-33-35/h3-4,6-7,9-14,16H,1-2,5,8,15,17H2,(H,29,36). The third-order valence-electron chi connectivity index (χ3n) is 6.54. The second-order valence-electron chi connectivity index (χ2n) is 8.98. The van der Waals surface area contributed by atoms with E-state index in [1.54, 1.807) is 12.1 Å². The van der Waals surface area contributed by atoms with Gasteiger partial charge in [0.25, 0.3) is 5.91 Å². The van der Waals surface area contributed by atoms with Crippen LogP contribution >= 0.6 is 11.6 Å². The second kappa shape index (κ2) is 9.54. The fourth-order valence-corrected chi connectivity index (χ4v) is 4.83. The number of rotatable bonds is 5. The van der Waals surface area contributed by atoms with Gasteiger partial charge in [-0.05, 0) is 60.9 Å². The van der Waals surface area contributed by atoms with Crippen LogP contribution < -0.4 is 5.32 Å². The minimum absolute atomic E-state index is 0.193. The van der Waals surface area contributed by atoms with Gasteiger partial charge >= 0.3 is 0 Å². The summed E-state index contributed by atoms with van der Waals surface area (Å²) in [4.78, 5) is 13.0. The van der Waals surface area contributed by atoms with Crippen LogP contribution in [0.15, 0.2) is 66.7 Å².